The highest BCUT2D eigenvalue weighted by Crippen LogP contribution is 2.29. The van der Waals surface area contributed by atoms with Gasteiger partial charge in [-0.25, -0.2) is 4.98 Å². The Balaban J connectivity index is 1.50. The van der Waals surface area contributed by atoms with Crippen LogP contribution in [0.15, 0.2) is 17.8 Å². The van der Waals surface area contributed by atoms with Crippen molar-refractivity contribution in [3.05, 3.63) is 23.5 Å². The molecule has 0 aromatic carbocycles. The third-order valence-corrected chi connectivity index (χ3v) is 5.12. The van der Waals surface area contributed by atoms with E-state index in [0.717, 1.165) is 23.5 Å². The van der Waals surface area contributed by atoms with Crippen LogP contribution in [0.1, 0.15) is 31.4 Å². The number of aliphatic hydroxyl groups is 1. The van der Waals surface area contributed by atoms with Crippen LogP contribution in [0.2, 0.25) is 0 Å². The predicted octanol–water partition coefficient (Wildman–Crippen LogP) is 1.85. The van der Waals surface area contributed by atoms with Crippen molar-refractivity contribution in [2.45, 2.75) is 32.1 Å². The summed E-state index contributed by atoms with van der Waals surface area (Å²) < 4.78 is 1.94. The number of amides is 1. The van der Waals surface area contributed by atoms with Gasteiger partial charge in [0.15, 0.2) is 4.96 Å². The highest BCUT2D eigenvalue weighted by Gasteiger charge is 2.24. The quantitative estimate of drug-likeness (QED) is 0.886. The lowest BCUT2D eigenvalue weighted by atomic mass is 9.79. The van der Waals surface area contributed by atoms with Crippen molar-refractivity contribution in [3.8, 4) is 0 Å². The molecule has 1 saturated carbocycles. The van der Waals surface area contributed by atoms with Crippen LogP contribution >= 0.6 is 11.3 Å². The summed E-state index contributed by atoms with van der Waals surface area (Å²) in [6.45, 7) is 0.907. The average molecular weight is 307 g/mol. The van der Waals surface area contributed by atoms with E-state index < -0.39 is 0 Å². The SMILES string of the molecule is O=C(Cc1cn2ccsc2n1)NCC1CCCCC1CO. The van der Waals surface area contributed by atoms with Gasteiger partial charge in [-0.2, -0.15) is 0 Å². The monoisotopic (exact) mass is 307 g/mol. The fourth-order valence-electron chi connectivity index (χ4n) is 3.13. The van der Waals surface area contributed by atoms with Crippen molar-refractivity contribution < 1.29 is 9.90 Å². The van der Waals surface area contributed by atoms with E-state index in [0.29, 0.717) is 24.8 Å². The summed E-state index contributed by atoms with van der Waals surface area (Å²) in [5.41, 5.74) is 0.807. The number of carbonyl (C=O) groups excluding carboxylic acids is 1. The molecule has 0 saturated heterocycles. The zero-order valence-electron chi connectivity index (χ0n) is 12.0. The Morgan fingerprint density at radius 2 is 2.24 bits per heavy atom. The molecular weight excluding hydrogens is 286 g/mol. The average Bonchev–Trinajstić information content (AvgIpc) is 3.06. The molecule has 1 fully saturated rings. The van der Waals surface area contributed by atoms with E-state index in [4.69, 9.17) is 0 Å². The van der Waals surface area contributed by atoms with E-state index in [2.05, 4.69) is 10.3 Å². The van der Waals surface area contributed by atoms with Crippen LogP contribution < -0.4 is 5.32 Å². The molecule has 2 N–H and O–H groups in total. The van der Waals surface area contributed by atoms with Crippen molar-refractivity contribution in [2.75, 3.05) is 13.2 Å². The summed E-state index contributed by atoms with van der Waals surface area (Å²) in [6.07, 6.45) is 8.76. The van der Waals surface area contributed by atoms with Crippen molar-refractivity contribution in [3.63, 3.8) is 0 Å². The maximum absolute atomic E-state index is 12.0. The van der Waals surface area contributed by atoms with Crippen molar-refractivity contribution in [1.82, 2.24) is 14.7 Å². The maximum Gasteiger partial charge on any atom is 0.226 e. The van der Waals surface area contributed by atoms with Crippen LogP contribution in [0.5, 0.6) is 0 Å². The largest absolute Gasteiger partial charge is 0.396 e. The molecule has 1 aliphatic carbocycles. The molecule has 1 aliphatic rings. The number of nitrogens with one attached hydrogen (secondary N) is 1. The number of hydrogen-bond donors (Lipinski definition) is 2. The summed E-state index contributed by atoms with van der Waals surface area (Å²) in [7, 11) is 0. The third-order valence-electron chi connectivity index (χ3n) is 4.35. The molecule has 21 heavy (non-hydrogen) atoms. The van der Waals surface area contributed by atoms with Gasteiger partial charge in [-0.15, -0.1) is 11.3 Å². The van der Waals surface area contributed by atoms with Crippen molar-refractivity contribution >= 4 is 22.2 Å². The molecule has 2 unspecified atom stereocenters. The number of aromatic nitrogens is 2. The van der Waals surface area contributed by atoms with Crippen molar-refractivity contribution in [1.29, 1.82) is 0 Å². The lowest BCUT2D eigenvalue weighted by Crippen LogP contribution is -2.36. The lowest BCUT2D eigenvalue weighted by Gasteiger charge is -2.30. The van der Waals surface area contributed by atoms with E-state index >= 15 is 0 Å². The van der Waals surface area contributed by atoms with E-state index in [1.54, 1.807) is 11.3 Å². The highest BCUT2D eigenvalue weighted by atomic mass is 32.1. The van der Waals surface area contributed by atoms with Gasteiger partial charge in [0.05, 0.1) is 12.1 Å². The summed E-state index contributed by atoms with van der Waals surface area (Å²) in [5.74, 6) is 0.776. The molecule has 0 aliphatic heterocycles. The van der Waals surface area contributed by atoms with Gasteiger partial charge in [-0.05, 0) is 24.7 Å². The van der Waals surface area contributed by atoms with Crippen LogP contribution in [0.4, 0.5) is 0 Å². The highest BCUT2D eigenvalue weighted by molar-refractivity contribution is 7.15. The lowest BCUT2D eigenvalue weighted by molar-refractivity contribution is -0.120. The van der Waals surface area contributed by atoms with Gasteiger partial charge in [-0.1, -0.05) is 12.8 Å². The second-order valence-electron chi connectivity index (χ2n) is 5.79. The molecule has 0 bridgehead atoms. The molecule has 0 spiro atoms. The molecule has 2 atom stereocenters. The van der Waals surface area contributed by atoms with Crippen LogP contribution in [-0.2, 0) is 11.2 Å². The number of fused-ring (bicyclic) bond motifs is 1. The van der Waals surface area contributed by atoms with Crippen molar-refractivity contribution in [2.24, 2.45) is 11.8 Å². The molecule has 6 heteroatoms. The standard InChI is InChI=1S/C15H21N3O2S/c19-10-12-4-2-1-3-11(12)8-16-14(20)7-13-9-18-5-6-21-15(18)17-13/h5-6,9,11-12,19H,1-4,7-8,10H2,(H,16,20). The Labute approximate surface area is 128 Å². The second-order valence-corrected chi connectivity index (χ2v) is 6.67. The number of imidazole rings is 1. The van der Waals surface area contributed by atoms with Crippen LogP contribution in [-0.4, -0.2) is 33.6 Å². The number of rotatable bonds is 5. The smallest absolute Gasteiger partial charge is 0.226 e. The minimum absolute atomic E-state index is 0.0167. The normalized spacial score (nSPS) is 22.5. The number of hydrogen-bond acceptors (Lipinski definition) is 4. The van der Waals surface area contributed by atoms with Gasteiger partial charge in [-0.3, -0.25) is 9.20 Å². The first-order valence-electron chi connectivity index (χ1n) is 7.55. The summed E-state index contributed by atoms with van der Waals surface area (Å²) >= 11 is 1.57. The summed E-state index contributed by atoms with van der Waals surface area (Å²) in [5, 5.41) is 14.4. The maximum atomic E-state index is 12.0. The minimum Gasteiger partial charge on any atom is -0.396 e. The predicted molar refractivity (Wildman–Crippen MR) is 82.3 cm³/mol. The van der Waals surface area contributed by atoms with E-state index in [1.165, 1.54) is 12.8 Å². The van der Waals surface area contributed by atoms with Gasteiger partial charge in [0.25, 0.3) is 0 Å². The first-order valence-corrected chi connectivity index (χ1v) is 8.43. The third kappa shape index (κ3) is 3.44. The molecule has 5 nitrogen and oxygen atoms in total. The van der Waals surface area contributed by atoms with Gasteiger partial charge in [0.2, 0.25) is 5.91 Å². The molecular formula is C15H21N3O2S. The zero-order chi connectivity index (χ0) is 14.7. The molecule has 114 valence electrons. The Morgan fingerprint density at radius 3 is 3.00 bits per heavy atom. The topological polar surface area (TPSA) is 66.6 Å². The summed E-state index contributed by atoms with van der Waals surface area (Å²) in [4.78, 5) is 17.4. The number of aliphatic hydroxyl groups excluding tert-OH is 1. The minimum atomic E-state index is 0.0167. The van der Waals surface area contributed by atoms with E-state index in [9.17, 15) is 9.90 Å². The fourth-order valence-corrected chi connectivity index (χ4v) is 3.85. The fraction of sp³-hybridized carbons (Fsp3) is 0.600. The molecule has 3 rings (SSSR count). The van der Waals surface area contributed by atoms with E-state index in [1.807, 2.05) is 22.2 Å². The van der Waals surface area contributed by atoms with Gasteiger partial charge in [0, 0.05) is 30.9 Å². The number of carbonyl (C=O) groups is 1. The Morgan fingerprint density at radius 1 is 1.43 bits per heavy atom. The van der Waals surface area contributed by atoms with Crippen LogP contribution in [0, 0.1) is 11.8 Å². The van der Waals surface area contributed by atoms with Gasteiger partial charge >= 0.3 is 0 Å². The molecule has 2 aromatic heterocycles. The first kappa shape index (κ1) is 14.5. The molecule has 2 heterocycles. The van der Waals surface area contributed by atoms with E-state index in [-0.39, 0.29) is 12.5 Å². The number of nitrogens with zero attached hydrogens (tertiary/aromatic N) is 2. The van der Waals surface area contributed by atoms with Gasteiger partial charge in [0.1, 0.15) is 0 Å². The van der Waals surface area contributed by atoms with Crippen LogP contribution in [0.3, 0.4) is 0 Å². The van der Waals surface area contributed by atoms with Crippen LogP contribution in [0.25, 0.3) is 4.96 Å². The Bertz CT molecular complexity index is 578. The molecule has 0 radical (unpaired) electrons. The van der Waals surface area contributed by atoms with Gasteiger partial charge < -0.3 is 10.4 Å². The Hall–Kier alpha value is -1.40. The zero-order valence-corrected chi connectivity index (χ0v) is 12.8. The number of thiazole rings is 1. The molecule has 1 amide bonds. The second kappa shape index (κ2) is 6.58. The molecule has 2 aromatic rings. The first-order chi connectivity index (χ1) is 10.3. The summed E-state index contributed by atoms with van der Waals surface area (Å²) in [6, 6.07) is 0. The Kier molecular flexibility index (Phi) is 4.55.